The summed E-state index contributed by atoms with van der Waals surface area (Å²) in [7, 11) is 2.20. The molecule has 4 heterocycles. The van der Waals surface area contributed by atoms with Gasteiger partial charge < -0.3 is 4.74 Å². The van der Waals surface area contributed by atoms with Crippen molar-refractivity contribution in [2.75, 3.05) is 18.6 Å². The molecule has 0 spiro atoms. The molecule has 6 nitrogen and oxygen atoms in total. The maximum Gasteiger partial charge on any atom is 0.162 e. The van der Waals surface area contributed by atoms with Gasteiger partial charge in [0.2, 0.25) is 0 Å². The number of hydrogen-bond donors (Lipinski definition) is 1. The molecule has 1 atom stereocenters. The van der Waals surface area contributed by atoms with Gasteiger partial charge in [-0.15, -0.1) is 0 Å². The van der Waals surface area contributed by atoms with Gasteiger partial charge in [-0.3, -0.25) is 19.4 Å². The van der Waals surface area contributed by atoms with E-state index in [1.165, 1.54) is 21.7 Å². The minimum atomic E-state index is 0.776. The third kappa shape index (κ3) is 4.08. The molecule has 7 aromatic rings. The molecule has 4 aromatic carbocycles. The lowest BCUT2D eigenvalue weighted by Gasteiger charge is -2.17. The minimum Gasteiger partial charge on any atom is -0.457 e. The van der Waals surface area contributed by atoms with Gasteiger partial charge in [-0.25, -0.2) is 4.98 Å². The van der Waals surface area contributed by atoms with Crippen molar-refractivity contribution >= 4 is 38.9 Å². The molecule has 0 amide bonds. The molecule has 202 valence electrons. The highest BCUT2D eigenvalue weighted by Crippen LogP contribution is 2.37. The van der Waals surface area contributed by atoms with Crippen LogP contribution in [0, 0.1) is 0 Å². The number of pyridine rings is 2. The molecule has 0 radical (unpaired) electrons. The molecule has 0 bridgehead atoms. The second kappa shape index (κ2) is 9.87. The highest BCUT2D eigenvalue weighted by atomic mass is 16.5. The van der Waals surface area contributed by atoms with E-state index in [1.54, 1.807) is 6.20 Å². The van der Waals surface area contributed by atoms with Crippen LogP contribution in [-0.4, -0.2) is 28.3 Å². The maximum absolute atomic E-state index is 6.49. The maximum atomic E-state index is 6.49. The Hall–Kier alpha value is -5.46. The monoisotopic (exact) mass is 546 g/mol. The number of para-hydroxylation sites is 3. The van der Waals surface area contributed by atoms with Crippen molar-refractivity contribution in [3.63, 3.8) is 0 Å². The largest absolute Gasteiger partial charge is 0.457 e. The van der Waals surface area contributed by atoms with E-state index in [-0.39, 0.29) is 0 Å². The highest BCUT2D eigenvalue weighted by molar-refractivity contribution is 6.09. The van der Waals surface area contributed by atoms with Gasteiger partial charge in [0.05, 0.1) is 29.5 Å². The molecule has 1 N–H and O–H groups in total. The lowest BCUT2D eigenvalue weighted by atomic mass is 10.1. The van der Waals surface area contributed by atoms with Crippen molar-refractivity contribution in [2.45, 2.75) is 0 Å². The number of rotatable bonds is 5. The van der Waals surface area contributed by atoms with Gasteiger partial charge in [-0.1, -0.05) is 42.5 Å². The van der Waals surface area contributed by atoms with Gasteiger partial charge in [-0.2, -0.15) is 0 Å². The first kappa shape index (κ1) is 24.3. The minimum absolute atomic E-state index is 0.776. The predicted molar refractivity (Wildman–Crippen MR) is 168 cm³/mol. The quantitative estimate of drug-likeness (QED) is 0.246. The molecule has 0 fully saturated rings. The summed E-state index contributed by atoms with van der Waals surface area (Å²) in [5.41, 5.74) is 7.69. The van der Waals surface area contributed by atoms with Crippen LogP contribution in [-0.2, 0) is 0 Å². The van der Waals surface area contributed by atoms with Gasteiger partial charge in [-0.05, 0) is 60.7 Å². The molecule has 0 saturated carbocycles. The van der Waals surface area contributed by atoms with Crippen molar-refractivity contribution < 1.29 is 9.64 Å². The van der Waals surface area contributed by atoms with Crippen LogP contribution in [0.25, 0.3) is 38.9 Å². The van der Waals surface area contributed by atoms with Gasteiger partial charge in [0.25, 0.3) is 0 Å². The Balaban J connectivity index is 1.17. The van der Waals surface area contributed by atoms with Crippen molar-refractivity contribution in [3.8, 4) is 28.6 Å². The lowest BCUT2D eigenvalue weighted by Crippen LogP contribution is -3.03. The van der Waals surface area contributed by atoms with E-state index in [9.17, 15) is 0 Å². The SMILES string of the molecule is C[NH+]1CN(c2cccc(Oc3ccc4c5ccccc5n(-c5ccc(-c6ccccn6)cn5)c4c3)c2)c2ccccc21. The summed E-state index contributed by atoms with van der Waals surface area (Å²) >= 11 is 0. The number of anilines is 2. The zero-order chi connectivity index (χ0) is 28.0. The molecule has 6 heteroatoms. The Kier molecular flexibility index (Phi) is 5.72. The summed E-state index contributed by atoms with van der Waals surface area (Å²) in [6.45, 7) is 0.876. The summed E-state index contributed by atoms with van der Waals surface area (Å²) < 4.78 is 8.69. The third-order valence-electron chi connectivity index (χ3n) is 8.00. The van der Waals surface area contributed by atoms with Crippen molar-refractivity contribution in [1.29, 1.82) is 0 Å². The number of aromatic nitrogens is 3. The van der Waals surface area contributed by atoms with E-state index in [1.807, 2.05) is 36.5 Å². The summed E-state index contributed by atoms with van der Waals surface area (Å²) in [4.78, 5) is 13.1. The smallest absolute Gasteiger partial charge is 0.162 e. The first-order chi connectivity index (χ1) is 20.7. The fourth-order valence-corrected chi connectivity index (χ4v) is 6.02. The van der Waals surface area contributed by atoms with E-state index in [2.05, 4.69) is 112 Å². The molecule has 1 aliphatic heterocycles. The average molecular weight is 547 g/mol. The normalized spacial score (nSPS) is 14.4. The Labute approximate surface area is 243 Å². The molecule has 1 unspecified atom stereocenters. The zero-order valence-electron chi connectivity index (χ0n) is 23.1. The van der Waals surface area contributed by atoms with E-state index < -0.39 is 0 Å². The van der Waals surface area contributed by atoms with Crippen molar-refractivity contribution in [2.24, 2.45) is 0 Å². The first-order valence-corrected chi connectivity index (χ1v) is 14.1. The van der Waals surface area contributed by atoms with Crippen LogP contribution >= 0.6 is 0 Å². The Morgan fingerprint density at radius 1 is 0.690 bits per heavy atom. The van der Waals surface area contributed by atoms with Crippen LogP contribution in [0.15, 0.2) is 134 Å². The van der Waals surface area contributed by atoms with E-state index >= 15 is 0 Å². The number of nitrogens with one attached hydrogen (secondary N) is 1. The number of nitrogens with zero attached hydrogens (tertiary/aromatic N) is 4. The first-order valence-electron chi connectivity index (χ1n) is 14.1. The van der Waals surface area contributed by atoms with Crippen LogP contribution in [0.3, 0.4) is 0 Å². The standard InChI is InChI=1S/C36H27N5O/c1-39-24-40(34-15-5-4-14-33(34)39)26-9-8-10-27(21-26)42-28-17-18-30-29-11-2-3-13-32(29)41(35(30)22-28)36-19-16-25(23-38-36)31-12-6-7-20-37-31/h2-23H,24H2,1H3/p+1. The molecular formula is C36H28N5O+. The Morgan fingerprint density at radius 3 is 2.40 bits per heavy atom. The number of hydrogen-bond acceptors (Lipinski definition) is 4. The lowest BCUT2D eigenvalue weighted by molar-refractivity contribution is -0.802. The molecule has 1 aliphatic rings. The van der Waals surface area contributed by atoms with Gasteiger partial charge in [0, 0.05) is 46.9 Å². The second-order valence-corrected chi connectivity index (χ2v) is 10.6. The highest BCUT2D eigenvalue weighted by Gasteiger charge is 2.28. The fourth-order valence-electron chi connectivity index (χ4n) is 6.02. The summed E-state index contributed by atoms with van der Waals surface area (Å²) in [6.07, 6.45) is 3.69. The number of ether oxygens (including phenoxy) is 1. The fraction of sp³-hybridized carbons (Fsp3) is 0.0556. The van der Waals surface area contributed by atoms with Crippen LogP contribution in [0.2, 0.25) is 0 Å². The third-order valence-corrected chi connectivity index (χ3v) is 8.00. The van der Waals surface area contributed by atoms with Crippen LogP contribution in [0.4, 0.5) is 17.1 Å². The van der Waals surface area contributed by atoms with Gasteiger partial charge in [0.1, 0.15) is 23.0 Å². The molecule has 8 rings (SSSR count). The zero-order valence-corrected chi connectivity index (χ0v) is 23.1. The van der Waals surface area contributed by atoms with Crippen molar-refractivity contribution in [1.82, 2.24) is 14.5 Å². The summed E-state index contributed by atoms with van der Waals surface area (Å²) in [5.74, 6) is 2.42. The van der Waals surface area contributed by atoms with Crippen LogP contribution in [0.1, 0.15) is 0 Å². The molecular weight excluding hydrogens is 518 g/mol. The van der Waals surface area contributed by atoms with E-state index in [0.717, 1.165) is 57.3 Å². The summed E-state index contributed by atoms with van der Waals surface area (Å²) in [6, 6.07) is 41.7. The second-order valence-electron chi connectivity index (χ2n) is 10.6. The van der Waals surface area contributed by atoms with E-state index in [4.69, 9.17) is 9.72 Å². The number of benzene rings is 4. The predicted octanol–water partition coefficient (Wildman–Crippen LogP) is 7.29. The molecule has 42 heavy (non-hydrogen) atoms. The van der Waals surface area contributed by atoms with Crippen LogP contribution < -0.4 is 14.5 Å². The van der Waals surface area contributed by atoms with Gasteiger partial charge >= 0.3 is 0 Å². The Bertz CT molecular complexity index is 2070. The molecule has 0 saturated heterocycles. The Morgan fingerprint density at radius 2 is 1.52 bits per heavy atom. The topological polar surface area (TPSA) is 47.6 Å². The summed E-state index contributed by atoms with van der Waals surface area (Å²) in [5, 5.41) is 2.33. The number of quaternary nitrogens is 1. The number of fused-ring (bicyclic) bond motifs is 4. The van der Waals surface area contributed by atoms with Crippen molar-refractivity contribution in [3.05, 3.63) is 134 Å². The van der Waals surface area contributed by atoms with Crippen LogP contribution in [0.5, 0.6) is 11.5 Å². The average Bonchev–Trinajstić information content (AvgIpc) is 3.56. The van der Waals surface area contributed by atoms with Gasteiger partial charge in [0.15, 0.2) is 12.4 Å². The van der Waals surface area contributed by atoms with E-state index in [0.29, 0.717) is 0 Å². The molecule has 0 aliphatic carbocycles. The molecule has 3 aromatic heterocycles.